The molecule has 0 bridgehead atoms. The standard InChI is InChI=1S/C11H22N2O2.ClH/c1-15-10(8-12)11(14)13-7-6-9-4-2-3-5-9;/h9-10H,2-8,12H2,1H3,(H,13,14);1H. The summed E-state index contributed by atoms with van der Waals surface area (Å²) in [5.41, 5.74) is 5.39. The lowest BCUT2D eigenvalue weighted by atomic mass is 10.0. The minimum absolute atomic E-state index is 0. The predicted octanol–water partition coefficient (Wildman–Crippen LogP) is 1.08. The number of carbonyl (C=O) groups excluding carboxylic acids is 1. The Balaban J connectivity index is 0.00000225. The molecular weight excluding hydrogens is 228 g/mol. The van der Waals surface area contributed by atoms with E-state index in [0.717, 1.165) is 18.9 Å². The molecule has 5 heteroatoms. The number of ether oxygens (including phenoxy) is 1. The average molecular weight is 251 g/mol. The van der Waals surface area contributed by atoms with Gasteiger partial charge in [0.05, 0.1) is 0 Å². The number of rotatable bonds is 6. The number of nitrogens with two attached hydrogens (primary N) is 1. The molecule has 0 aromatic carbocycles. The Labute approximate surface area is 104 Å². The van der Waals surface area contributed by atoms with Crippen LogP contribution in [0.25, 0.3) is 0 Å². The molecule has 1 rings (SSSR count). The molecular formula is C11H23ClN2O2. The highest BCUT2D eigenvalue weighted by molar-refractivity contribution is 5.85. The highest BCUT2D eigenvalue weighted by Gasteiger charge is 2.17. The summed E-state index contributed by atoms with van der Waals surface area (Å²) in [6, 6.07) is 0. The zero-order valence-electron chi connectivity index (χ0n) is 9.91. The smallest absolute Gasteiger partial charge is 0.250 e. The number of halogens is 1. The molecule has 16 heavy (non-hydrogen) atoms. The minimum atomic E-state index is -0.492. The van der Waals surface area contributed by atoms with Gasteiger partial charge >= 0.3 is 0 Å². The third-order valence-electron chi connectivity index (χ3n) is 3.12. The number of hydrogen-bond donors (Lipinski definition) is 2. The van der Waals surface area contributed by atoms with Crippen molar-refractivity contribution in [3.63, 3.8) is 0 Å². The fourth-order valence-electron chi connectivity index (χ4n) is 2.12. The van der Waals surface area contributed by atoms with Crippen LogP contribution in [0.3, 0.4) is 0 Å². The Hall–Kier alpha value is -0.320. The van der Waals surface area contributed by atoms with Crippen molar-refractivity contribution in [3.05, 3.63) is 0 Å². The van der Waals surface area contributed by atoms with Crippen LogP contribution in [0.5, 0.6) is 0 Å². The monoisotopic (exact) mass is 250 g/mol. The summed E-state index contributed by atoms with van der Waals surface area (Å²) in [6.07, 6.45) is 5.94. The third-order valence-corrected chi connectivity index (χ3v) is 3.12. The van der Waals surface area contributed by atoms with Crippen molar-refractivity contribution >= 4 is 18.3 Å². The fourth-order valence-corrected chi connectivity index (χ4v) is 2.12. The summed E-state index contributed by atoms with van der Waals surface area (Å²) in [7, 11) is 1.51. The van der Waals surface area contributed by atoms with Gasteiger partial charge < -0.3 is 15.8 Å². The molecule has 96 valence electrons. The van der Waals surface area contributed by atoms with Gasteiger partial charge in [0.1, 0.15) is 6.10 Å². The van der Waals surface area contributed by atoms with E-state index in [4.69, 9.17) is 10.5 Å². The van der Waals surface area contributed by atoms with E-state index in [2.05, 4.69) is 5.32 Å². The van der Waals surface area contributed by atoms with Crippen LogP contribution < -0.4 is 11.1 Å². The molecule has 1 fully saturated rings. The lowest BCUT2D eigenvalue weighted by Gasteiger charge is -2.14. The largest absolute Gasteiger partial charge is 0.370 e. The number of nitrogens with one attached hydrogen (secondary N) is 1. The summed E-state index contributed by atoms with van der Waals surface area (Å²) in [5.74, 6) is 0.724. The van der Waals surface area contributed by atoms with Gasteiger partial charge in [0.15, 0.2) is 0 Å². The molecule has 1 saturated carbocycles. The SMILES string of the molecule is COC(CN)C(=O)NCCC1CCCC1.Cl. The normalized spacial score (nSPS) is 17.9. The van der Waals surface area contributed by atoms with E-state index >= 15 is 0 Å². The summed E-state index contributed by atoms with van der Waals surface area (Å²) >= 11 is 0. The molecule has 1 amide bonds. The van der Waals surface area contributed by atoms with Gasteiger partial charge in [-0.3, -0.25) is 4.79 Å². The van der Waals surface area contributed by atoms with E-state index in [-0.39, 0.29) is 24.9 Å². The summed E-state index contributed by atoms with van der Waals surface area (Å²) < 4.78 is 4.95. The van der Waals surface area contributed by atoms with E-state index in [1.54, 1.807) is 0 Å². The second kappa shape index (κ2) is 8.79. The van der Waals surface area contributed by atoms with E-state index < -0.39 is 6.10 Å². The fraction of sp³-hybridized carbons (Fsp3) is 0.909. The zero-order valence-corrected chi connectivity index (χ0v) is 10.7. The van der Waals surface area contributed by atoms with Gasteiger partial charge in [-0.25, -0.2) is 0 Å². The van der Waals surface area contributed by atoms with Crippen molar-refractivity contribution < 1.29 is 9.53 Å². The van der Waals surface area contributed by atoms with Crippen LogP contribution in [-0.4, -0.2) is 32.2 Å². The quantitative estimate of drug-likeness (QED) is 0.742. The summed E-state index contributed by atoms with van der Waals surface area (Å²) in [4.78, 5) is 11.5. The Bertz CT molecular complexity index is 192. The molecule has 1 aliphatic rings. The first kappa shape index (κ1) is 15.7. The molecule has 0 aliphatic heterocycles. The Morgan fingerprint density at radius 3 is 2.62 bits per heavy atom. The van der Waals surface area contributed by atoms with Crippen molar-refractivity contribution in [2.75, 3.05) is 20.2 Å². The lowest BCUT2D eigenvalue weighted by molar-refractivity contribution is -0.130. The summed E-state index contributed by atoms with van der Waals surface area (Å²) in [6.45, 7) is 0.995. The highest BCUT2D eigenvalue weighted by Crippen LogP contribution is 2.26. The van der Waals surface area contributed by atoms with E-state index in [1.807, 2.05) is 0 Å². The number of hydrogen-bond acceptors (Lipinski definition) is 3. The molecule has 0 heterocycles. The van der Waals surface area contributed by atoms with E-state index in [9.17, 15) is 4.79 Å². The average Bonchev–Trinajstić information content (AvgIpc) is 2.72. The number of amides is 1. The molecule has 0 saturated heterocycles. The van der Waals surface area contributed by atoms with Crippen LogP contribution in [0.1, 0.15) is 32.1 Å². The lowest BCUT2D eigenvalue weighted by Crippen LogP contribution is -2.41. The van der Waals surface area contributed by atoms with Gasteiger partial charge in [-0.15, -0.1) is 12.4 Å². The Morgan fingerprint density at radius 1 is 1.50 bits per heavy atom. The van der Waals surface area contributed by atoms with Crippen LogP contribution in [-0.2, 0) is 9.53 Å². The second-order valence-corrected chi connectivity index (χ2v) is 4.19. The van der Waals surface area contributed by atoms with Gasteiger partial charge in [0.2, 0.25) is 5.91 Å². The Kier molecular flexibility index (Phi) is 8.61. The van der Waals surface area contributed by atoms with Crippen LogP contribution in [0.15, 0.2) is 0 Å². The van der Waals surface area contributed by atoms with Gasteiger partial charge in [-0.2, -0.15) is 0 Å². The molecule has 1 aliphatic carbocycles. The molecule has 0 spiro atoms. The van der Waals surface area contributed by atoms with Crippen LogP contribution in [0, 0.1) is 5.92 Å². The number of methoxy groups -OCH3 is 1. The first-order chi connectivity index (χ1) is 7.27. The van der Waals surface area contributed by atoms with E-state index in [1.165, 1.54) is 32.8 Å². The van der Waals surface area contributed by atoms with Crippen LogP contribution >= 0.6 is 12.4 Å². The second-order valence-electron chi connectivity index (χ2n) is 4.19. The number of carbonyl (C=O) groups is 1. The molecule has 3 N–H and O–H groups in total. The first-order valence-electron chi connectivity index (χ1n) is 5.78. The van der Waals surface area contributed by atoms with Gasteiger partial charge in [-0.05, 0) is 12.3 Å². The topological polar surface area (TPSA) is 64.3 Å². The van der Waals surface area contributed by atoms with Gasteiger partial charge in [0.25, 0.3) is 0 Å². The zero-order chi connectivity index (χ0) is 11.1. The molecule has 1 unspecified atom stereocenters. The van der Waals surface area contributed by atoms with Crippen molar-refractivity contribution in [2.24, 2.45) is 11.7 Å². The maximum absolute atomic E-state index is 11.5. The van der Waals surface area contributed by atoms with Crippen molar-refractivity contribution in [1.29, 1.82) is 0 Å². The first-order valence-corrected chi connectivity index (χ1v) is 5.78. The van der Waals surface area contributed by atoms with Crippen molar-refractivity contribution in [3.8, 4) is 0 Å². The van der Waals surface area contributed by atoms with Crippen LogP contribution in [0.4, 0.5) is 0 Å². The molecule has 0 radical (unpaired) electrons. The molecule has 1 atom stereocenters. The minimum Gasteiger partial charge on any atom is -0.370 e. The maximum Gasteiger partial charge on any atom is 0.250 e. The van der Waals surface area contributed by atoms with Crippen molar-refractivity contribution in [1.82, 2.24) is 5.32 Å². The summed E-state index contributed by atoms with van der Waals surface area (Å²) in [5, 5.41) is 2.87. The van der Waals surface area contributed by atoms with Gasteiger partial charge in [0, 0.05) is 20.2 Å². The van der Waals surface area contributed by atoms with Gasteiger partial charge in [-0.1, -0.05) is 25.7 Å². The third kappa shape index (κ3) is 5.14. The van der Waals surface area contributed by atoms with Crippen molar-refractivity contribution in [2.45, 2.75) is 38.2 Å². The predicted molar refractivity (Wildman–Crippen MR) is 66.7 cm³/mol. The molecule has 0 aromatic rings. The maximum atomic E-state index is 11.5. The molecule has 0 aromatic heterocycles. The van der Waals surface area contributed by atoms with E-state index in [0.29, 0.717) is 0 Å². The van der Waals surface area contributed by atoms with Crippen LogP contribution in [0.2, 0.25) is 0 Å². The highest BCUT2D eigenvalue weighted by atomic mass is 35.5. The Morgan fingerprint density at radius 2 is 2.12 bits per heavy atom. The molecule has 4 nitrogen and oxygen atoms in total.